The van der Waals surface area contributed by atoms with E-state index in [1.54, 1.807) is 14.0 Å². The molecule has 1 rings (SSSR count). The highest BCUT2D eigenvalue weighted by Gasteiger charge is 2.25. The highest BCUT2D eigenvalue weighted by atomic mass is 16.4. The summed E-state index contributed by atoms with van der Waals surface area (Å²) >= 11 is 0. The van der Waals surface area contributed by atoms with E-state index in [9.17, 15) is 14.4 Å². The Morgan fingerprint density at radius 1 is 1.47 bits per heavy atom. The average Bonchev–Trinajstić information content (AvgIpc) is 2.37. The number of aryl methyl sites for hydroxylation is 1. The van der Waals surface area contributed by atoms with Crippen molar-refractivity contribution in [1.29, 1.82) is 0 Å². The molecule has 1 heterocycles. The number of pyridine rings is 1. The summed E-state index contributed by atoms with van der Waals surface area (Å²) in [6.45, 7) is 3.61. The third kappa shape index (κ3) is 3.67. The van der Waals surface area contributed by atoms with Crippen LogP contribution in [0.1, 0.15) is 30.6 Å². The molecule has 6 nitrogen and oxygen atoms in total. The molecule has 1 aromatic rings. The molecular weight excluding hydrogens is 248 g/mol. The van der Waals surface area contributed by atoms with Gasteiger partial charge in [0.05, 0.1) is 0 Å². The maximum absolute atomic E-state index is 11.9. The monoisotopic (exact) mass is 266 g/mol. The van der Waals surface area contributed by atoms with Gasteiger partial charge in [0.15, 0.2) is 0 Å². The number of hydrogen-bond acceptors (Lipinski definition) is 3. The zero-order valence-electron chi connectivity index (χ0n) is 11.2. The van der Waals surface area contributed by atoms with Crippen LogP contribution in [0, 0.1) is 5.92 Å². The van der Waals surface area contributed by atoms with E-state index in [-0.39, 0.29) is 17.0 Å². The molecule has 2 atom stereocenters. The fourth-order valence-electron chi connectivity index (χ4n) is 1.60. The number of amides is 1. The van der Waals surface area contributed by atoms with E-state index in [1.807, 2.05) is 6.92 Å². The summed E-state index contributed by atoms with van der Waals surface area (Å²) in [5, 5.41) is 11.5. The van der Waals surface area contributed by atoms with Crippen LogP contribution >= 0.6 is 0 Å². The van der Waals surface area contributed by atoms with Crippen molar-refractivity contribution in [1.82, 2.24) is 9.88 Å². The second kappa shape index (κ2) is 6.17. The molecule has 0 saturated carbocycles. The Kier molecular flexibility index (Phi) is 4.86. The van der Waals surface area contributed by atoms with Crippen LogP contribution in [0.5, 0.6) is 0 Å². The van der Waals surface area contributed by atoms with Gasteiger partial charge < -0.3 is 15.0 Å². The Morgan fingerprint density at radius 3 is 2.58 bits per heavy atom. The van der Waals surface area contributed by atoms with E-state index in [0.717, 1.165) is 0 Å². The quantitative estimate of drug-likeness (QED) is 0.817. The maximum atomic E-state index is 11.9. The van der Waals surface area contributed by atoms with Crippen molar-refractivity contribution in [3.05, 3.63) is 34.2 Å². The number of hydrogen-bond donors (Lipinski definition) is 2. The highest BCUT2D eigenvalue weighted by molar-refractivity contribution is 5.96. The molecule has 0 aliphatic rings. The van der Waals surface area contributed by atoms with Gasteiger partial charge in [-0.1, -0.05) is 20.3 Å². The molecule has 6 heteroatoms. The number of nitrogens with one attached hydrogen (secondary N) is 1. The Labute approximate surface area is 111 Å². The predicted octanol–water partition coefficient (Wildman–Crippen LogP) is 0.614. The van der Waals surface area contributed by atoms with E-state index in [4.69, 9.17) is 5.11 Å². The summed E-state index contributed by atoms with van der Waals surface area (Å²) < 4.78 is 1.33. The average molecular weight is 266 g/mol. The summed E-state index contributed by atoms with van der Waals surface area (Å²) in [4.78, 5) is 34.4. The van der Waals surface area contributed by atoms with Crippen LogP contribution in [-0.2, 0) is 11.8 Å². The van der Waals surface area contributed by atoms with Crippen LogP contribution in [0.2, 0.25) is 0 Å². The van der Waals surface area contributed by atoms with E-state index < -0.39 is 17.9 Å². The molecule has 0 unspecified atom stereocenters. The molecule has 0 radical (unpaired) electrons. The van der Waals surface area contributed by atoms with Gasteiger partial charge in [0.1, 0.15) is 6.04 Å². The van der Waals surface area contributed by atoms with E-state index >= 15 is 0 Å². The minimum atomic E-state index is -1.08. The molecule has 104 valence electrons. The lowest BCUT2D eigenvalue weighted by Crippen LogP contribution is -2.45. The van der Waals surface area contributed by atoms with Gasteiger partial charge >= 0.3 is 5.97 Å². The molecule has 1 amide bonds. The zero-order valence-corrected chi connectivity index (χ0v) is 11.2. The highest BCUT2D eigenvalue weighted by Crippen LogP contribution is 2.09. The Balaban J connectivity index is 2.91. The molecule has 0 aliphatic heterocycles. The third-order valence-corrected chi connectivity index (χ3v) is 3.13. The van der Waals surface area contributed by atoms with Crippen LogP contribution in [0.15, 0.2) is 23.1 Å². The number of aromatic nitrogens is 1. The van der Waals surface area contributed by atoms with Gasteiger partial charge in [0, 0.05) is 24.9 Å². The summed E-state index contributed by atoms with van der Waals surface area (Å²) in [5.74, 6) is -1.81. The van der Waals surface area contributed by atoms with Gasteiger partial charge in [-0.25, -0.2) is 4.79 Å². The van der Waals surface area contributed by atoms with Gasteiger partial charge in [-0.05, 0) is 12.0 Å². The number of aliphatic carboxylic acids is 1. The largest absolute Gasteiger partial charge is 0.480 e. The van der Waals surface area contributed by atoms with Crippen LogP contribution in [-0.4, -0.2) is 27.6 Å². The van der Waals surface area contributed by atoms with Crippen molar-refractivity contribution in [2.45, 2.75) is 26.3 Å². The van der Waals surface area contributed by atoms with Crippen LogP contribution in [0.25, 0.3) is 0 Å². The second-order valence-corrected chi connectivity index (χ2v) is 4.54. The van der Waals surface area contributed by atoms with Crippen LogP contribution < -0.4 is 10.9 Å². The Hall–Kier alpha value is -2.11. The Bertz CT molecular complexity index is 536. The molecule has 0 saturated heterocycles. The van der Waals surface area contributed by atoms with Crippen LogP contribution in [0.3, 0.4) is 0 Å². The first-order chi connectivity index (χ1) is 8.86. The maximum Gasteiger partial charge on any atom is 0.326 e. The second-order valence-electron chi connectivity index (χ2n) is 4.54. The first-order valence-electron chi connectivity index (χ1n) is 6.07. The van der Waals surface area contributed by atoms with Crippen molar-refractivity contribution >= 4 is 11.9 Å². The molecule has 0 aromatic carbocycles. The predicted molar refractivity (Wildman–Crippen MR) is 70.0 cm³/mol. The molecule has 2 N–H and O–H groups in total. The number of carboxylic acids is 1. The molecule has 1 aromatic heterocycles. The number of carboxylic acid groups (broad SMARTS) is 1. The van der Waals surface area contributed by atoms with Crippen molar-refractivity contribution in [3.63, 3.8) is 0 Å². The summed E-state index contributed by atoms with van der Waals surface area (Å²) in [6.07, 6.45) is 2.10. The van der Waals surface area contributed by atoms with E-state index in [0.29, 0.717) is 6.42 Å². The first kappa shape index (κ1) is 14.9. The molecule has 0 spiro atoms. The number of carbonyl (C=O) groups excluding carboxylic acids is 1. The normalized spacial score (nSPS) is 13.6. The fourth-order valence-corrected chi connectivity index (χ4v) is 1.60. The van der Waals surface area contributed by atoms with Crippen molar-refractivity contribution in [3.8, 4) is 0 Å². The van der Waals surface area contributed by atoms with Gasteiger partial charge in [0.25, 0.3) is 11.5 Å². The molecule has 0 aliphatic carbocycles. The fraction of sp³-hybridized carbons (Fsp3) is 0.462. The molecule has 0 bridgehead atoms. The van der Waals surface area contributed by atoms with Crippen molar-refractivity contribution in [2.24, 2.45) is 13.0 Å². The van der Waals surface area contributed by atoms with Crippen molar-refractivity contribution in [2.75, 3.05) is 0 Å². The van der Waals surface area contributed by atoms with Crippen molar-refractivity contribution < 1.29 is 14.7 Å². The molecular formula is C13H18N2O4. The lowest BCUT2D eigenvalue weighted by molar-refractivity contribution is -0.140. The lowest BCUT2D eigenvalue weighted by atomic mass is 9.99. The Morgan fingerprint density at radius 2 is 2.11 bits per heavy atom. The smallest absolute Gasteiger partial charge is 0.326 e. The van der Waals surface area contributed by atoms with E-state index in [2.05, 4.69) is 5.32 Å². The standard InChI is InChI=1S/C13H18N2O4/c1-4-8(2)11(13(18)19)14-12(17)9-5-6-15(3)10(16)7-9/h5-8,11H,4H2,1-3H3,(H,14,17)(H,18,19)/t8-,11-/m0/s1. The number of carbonyl (C=O) groups is 2. The third-order valence-electron chi connectivity index (χ3n) is 3.13. The summed E-state index contributed by atoms with van der Waals surface area (Å²) in [6, 6.07) is 1.71. The summed E-state index contributed by atoms with van der Waals surface area (Å²) in [7, 11) is 1.57. The number of nitrogens with zero attached hydrogens (tertiary/aromatic N) is 1. The minimum Gasteiger partial charge on any atom is -0.480 e. The SMILES string of the molecule is CC[C@H](C)[C@H](NC(=O)c1ccn(C)c(=O)c1)C(=O)O. The lowest BCUT2D eigenvalue weighted by Gasteiger charge is -2.20. The molecule has 19 heavy (non-hydrogen) atoms. The van der Waals surface area contributed by atoms with E-state index in [1.165, 1.54) is 22.9 Å². The topological polar surface area (TPSA) is 88.4 Å². The minimum absolute atomic E-state index is 0.164. The van der Waals surface area contributed by atoms with Gasteiger partial charge in [-0.3, -0.25) is 9.59 Å². The van der Waals surface area contributed by atoms with Gasteiger partial charge in [0.2, 0.25) is 0 Å². The number of rotatable bonds is 5. The van der Waals surface area contributed by atoms with Gasteiger partial charge in [-0.15, -0.1) is 0 Å². The van der Waals surface area contributed by atoms with Crippen LogP contribution in [0.4, 0.5) is 0 Å². The first-order valence-corrected chi connectivity index (χ1v) is 6.07. The zero-order chi connectivity index (χ0) is 14.6. The molecule has 0 fully saturated rings. The van der Waals surface area contributed by atoms with Gasteiger partial charge in [-0.2, -0.15) is 0 Å². The summed E-state index contributed by atoms with van der Waals surface area (Å²) in [5.41, 5.74) is -0.152.